The van der Waals surface area contributed by atoms with E-state index in [4.69, 9.17) is 14.2 Å². The summed E-state index contributed by atoms with van der Waals surface area (Å²) in [7, 11) is 0. The maximum absolute atomic E-state index is 12.7. The lowest BCUT2D eigenvalue weighted by molar-refractivity contribution is -0.0136. The number of hydrogen-bond acceptors (Lipinski definition) is 5. The molecule has 0 spiro atoms. The normalized spacial score (nSPS) is 21.6. The van der Waals surface area contributed by atoms with Crippen LogP contribution < -0.4 is 14.8 Å². The van der Waals surface area contributed by atoms with Crippen LogP contribution in [0.3, 0.4) is 0 Å². The van der Waals surface area contributed by atoms with Crippen LogP contribution in [0.5, 0.6) is 11.5 Å². The number of aryl methyl sites for hydroxylation is 1. The van der Waals surface area contributed by atoms with Gasteiger partial charge in [-0.3, -0.25) is 9.78 Å². The number of benzene rings is 1. The molecule has 26 heavy (non-hydrogen) atoms. The van der Waals surface area contributed by atoms with Gasteiger partial charge in [-0.2, -0.15) is 0 Å². The van der Waals surface area contributed by atoms with Gasteiger partial charge in [-0.15, -0.1) is 0 Å². The number of carbonyl (C=O) groups is 1. The van der Waals surface area contributed by atoms with Gasteiger partial charge < -0.3 is 19.5 Å². The molecule has 2 aliphatic rings. The van der Waals surface area contributed by atoms with Gasteiger partial charge >= 0.3 is 0 Å². The van der Waals surface area contributed by atoms with E-state index in [2.05, 4.69) is 10.3 Å². The van der Waals surface area contributed by atoms with Gasteiger partial charge in [0.05, 0.1) is 25.5 Å². The van der Waals surface area contributed by atoms with Crippen LogP contribution in [-0.4, -0.2) is 42.9 Å². The number of rotatable bonds is 4. The molecule has 6 nitrogen and oxygen atoms in total. The maximum atomic E-state index is 12.7. The first-order valence-corrected chi connectivity index (χ1v) is 8.93. The van der Waals surface area contributed by atoms with Crippen molar-refractivity contribution in [3.8, 4) is 11.5 Å². The second-order valence-electron chi connectivity index (χ2n) is 6.66. The van der Waals surface area contributed by atoms with Crippen LogP contribution in [0.4, 0.5) is 0 Å². The lowest BCUT2D eigenvalue weighted by atomic mass is 10.0. The van der Waals surface area contributed by atoms with Gasteiger partial charge in [-0.25, -0.2) is 0 Å². The highest BCUT2D eigenvalue weighted by Gasteiger charge is 2.29. The van der Waals surface area contributed by atoms with Crippen molar-refractivity contribution >= 4 is 5.91 Å². The van der Waals surface area contributed by atoms with Crippen LogP contribution >= 0.6 is 0 Å². The zero-order valence-corrected chi connectivity index (χ0v) is 14.7. The predicted octanol–water partition coefficient (Wildman–Crippen LogP) is 2.29. The topological polar surface area (TPSA) is 69.7 Å². The first-order valence-electron chi connectivity index (χ1n) is 8.93. The molecule has 1 amide bonds. The van der Waals surface area contributed by atoms with Crippen molar-refractivity contribution in [2.45, 2.75) is 31.9 Å². The predicted molar refractivity (Wildman–Crippen MR) is 95.7 cm³/mol. The quantitative estimate of drug-likeness (QED) is 0.912. The fraction of sp³-hybridized carbons (Fsp3) is 0.400. The average Bonchev–Trinajstić information content (AvgIpc) is 3.13. The van der Waals surface area contributed by atoms with E-state index in [1.54, 1.807) is 12.3 Å². The van der Waals surface area contributed by atoms with Crippen molar-refractivity contribution in [2.75, 3.05) is 19.8 Å². The Morgan fingerprint density at radius 3 is 3.04 bits per heavy atom. The molecule has 2 aromatic rings. The number of nitrogens with one attached hydrogen (secondary N) is 1. The van der Waals surface area contributed by atoms with Crippen LogP contribution in [0.1, 0.15) is 28.0 Å². The molecule has 6 heteroatoms. The lowest BCUT2D eigenvalue weighted by Crippen LogP contribution is -2.51. The molecule has 0 radical (unpaired) electrons. The van der Waals surface area contributed by atoms with E-state index in [1.807, 2.05) is 31.2 Å². The highest BCUT2D eigenvalue weighted by Crippen LogP contribution is 2.26. The minimum absolute atomic E-state index is 0.0952. The van der Waals surface area contributed by atoms with E-state index >= 15 is 0 Å². The van der Waals surface area contributed by atoms with E-state index < -0.39 is 0 Å². The van der Waals surface area contributed by atoms with Crippen molar-refractivity contribution < 1.29 is 19.0 Å². The van der Waals surface area contributed by atoms with Gasteiger partial charge in [0.1, 0.15) is 17.6 Å². The summed E-state index contributed by atoms with van der Waals surface area (Å²) in [6.07, 6.45) is 3.02. The number of pyridine rings is 1. The largest absolute Gasteiger partial charge is 0.493 e. The first kappa shape index (κ1) is 16.8. The minimum atomic E-state index is -0.241. The fourth-order valence-corrected chi connectivity index (χ4v) is 3.27. The average molecular weight is 354 g/mol. The number of fused-ring (bicyclic) bond motifs is 1. The summed E-state index contributed by atoms with van der Waals surface area (Å²) in [4.78, 5) is 16.9. The Bertz CT molecular complexity index is 791. The van der Waals surface area contributed by atoms with E-state index in [0.29, 0.717) is 37.6 Å². The second-order valence-corrected chi connectivity index (χ2v) is 6.66. The number of aromatic nitrogens is 1. The zero-order valence-electron chi connectivity index (χ0n) is 14.7. The molecule has 1 aromatic carbocycles. The molecule has 0 aliphatic carbocycles. The number of amides is 1. The summed E-state index contributed by atoms with van der Waals surface area (Å²) in [6.45, 7) is 3.66. The molecule has 2 atom stereocenters. The highest BCUT2D eigenvalue weighted by molar-refractivity contribution is 5.94. The van der Waals surface area contributed by atoms with Gasteiger partial charge in [-0.1, -0.05) is 0 Å². The molecule has 1 fully saturated rings. The molecular weight excluding hydrogens is 332 g/mol. The van der Waals surface area contributed by atoms with Crippen molar-refractivity contribution in [1.82, 2.24) is 10.3 Å². The number of ether oxygens (including phenoxy) is 3. The third kappa shape index (κ3) is 3.65. The Labute approximate surface area is 152 Å². The van der Waals surface area contributed by atoms with Crippen molar-refractivity contribution in [3.05, 3.63) is 53.3 Å². The van der Waals surface area contributed by atoms with Gasteiger partial charge in [-0.05, 0) is 49.2 Å². The molecule has 1 N–H and O–H groups in total. The first-order chi connectivity index (χ1) is 12.7. The van der Waals surface area contributed by atoms with Crippen LogP contribution in [0.25, 0.3) is 0 Å². The van der Waals surface area contributed by atoms with Crippen molar-refractivity contribution in [2.24, 2.45) is 0 Å². The van der Waals surface area contributed by atoms with E-state index in [0.717, 1.165) is 23.4 Å². The SMILES string of the molecule is Cc1ccc(O[C@@H]2COCC[C@@H]2NC(=O)c2ccc3c(c2)CCO3)cn1. The molecule has 1 aromatic heterocycles. The smallest absolute Gasteiger partial charge is 0.251 e. The van der Waals surface area contributed by atoms with Crippen LogP contribution in [0.15, 0.2) is 36.5 Å². The zero-order chi connectivity index (χ0) is 17.9. The Morgan fingerprint density at radius 1 is 1.27 bits per heavy atom. The Kier molecular flexibility index (Phi) is 4.75. The lowest BCUT2D eigenvalue weighted by Gasteiger charge is -2.32. The third-order valence-corrected chi connectivity index (χ3v) is 4.74. The molecule has 0 unspecified atom stereocenters. The molecule has 136 valence electrons. The molecule has 4 rings (SSSR count). The third-order valence-electron chi connectivity index (χ3n) is 4.74. The molecule has 3 heterocycles. The second kappa shape index (κ2) is 7.33. The van der Waals surface area contributed by atoms with Crippen molar-refractivity contribution in [1.29, 1.82) is 0 Å². The van der Waals surface area contributed by atoms with E-state index in [-0.39, 0.29) is 18.1 Å². The Hall–Kier alpha value is -2.60. The summed E-state index contributed by atoms with van der Waals surface area (Å²) in [6, 6.07) is 9.26. The van der Waals surface area contributed by atoms with Crippen molar-refractivity contribution in [3.63, 3.8) is 0 Å². The number of hydrogen-bond donors (Lipinski definition) is 1. The Balaban J connectivity index is 1.44. The molecule has 1 saturated heterocycles. The summed E-state index contributed by atoms with van der Waals surface area (Å²) in [5.74, 6) is 1.46. The summed E-state index contributed by atoms with van der Waals surface area (Å²) >= 11 is 0. The molecule has 2 aliphatic heterocycles. The van der Waals surface area contributed by atoms with E-state index in [9.17, 15) is 4.79 Å². The summed E-state index contributed by atoms with van der Waals surface area (Å²) < 4.78 is 17.1. The van der Waals surface area contributed by atoms with Gasteiger partial charge in [0, 0.05) is 24.3 Å². The summed E-state index contributed by atoms with van der Waals surface area (Å²) in [5.41, 5.74) is 2.67. The highest BCUT2D eigenvalue weighted by atomic mass is 16.5. The monoisotopic (exact) mass is 354 g/mol. The van der Waals surface area contributed by atoms with Crippen LogP contribution in [0, 0.1) is 6.92 Å². The number of carbonyl (C=O) groups excluding carboxylic acids is 1. The maximum Gasteiger partial charge on any atom is 0.251 e. The van der Waals surface area contributed by atoms with Crippen LogP contribution in [-0.2, 0) is 11.2 Å². The molecular formula is C20H22N2O4. The van der Waals surface area contributed by atoms with Gasteiger partial charge in [0.2, 0.25) is 0 Å². The van der Waals surface area contributed by atoms with Crippen LogP contribution in [0.2, 0.25) is 0 Å². The van der Waals surface area contributed by atoms with Gasteiger partial charge in [0.25, 0.3) is 5.91 Å². The Morgan fingerprint density at radius 2 is 2.19 bits per heavy atom. The van der Waals surface area contributed by atoms with E-state index in [1.165, 1.54) is 0 Å². The number of nitrogens with zero attached hydrogens (tertiary/aromatic N) is 1. The fourth-order valence-electron chi connectivity index (χ4n) is 3.27. The van der Waals surface area contributed by atoms with Gasteiger partial charge in [0.15, 0.2) is 0 Å². The standard InChI is InChI=1S/C20H22N2O4/c1-13-2-4-16(11-21-13)26-19-12-24-8-7-17(19)22-20(23)15-3-5-18-14(10-15)6-9-25-18/h2-5,10-11,17,19H,6-9,12H2,1H3,(H,22,23)/t17-,19+/m0/s1. The molecule has 0 saturated carbocycles. The minimum Gasteiger partial charge on any atom is -0.493 e. The summed E-state index contributed by atoms with van der Waals surface area (Å²) in [5, 5.41) is 3.10. The molecule has 0 bridgehead atoms.